The highest BCUT2D eigenvalue weighted by atomic mass is 35.5. The molecule has 0 bridgehead atoms. The molecule has 2 aromatic carbocycles. The SMILES string of the molecule is CN(C)CC1NCC(c2ccccc2)c2ccccc21.Cl.Cl. The van der Waals surface area contributed by atoms with Crippen molar-refractivity contribution in [3.8, 4) is 0 Å². The minimum absolute atomic E-state index is 0. The van der Waals surface area contributed by atoms with Gasteiger partial charge in [0, 0.05) is 25.0 Å². The zero-order valence-corrected chi connectivity index (χ0v) is 14.7. The zero-order chi connectivity index (χ0) is 13.9. The van der Waals surface area contributed by atoms with Crippen LogP contribution in [-0.2, 0) is 0 Å². The third-order valence-corrected chi connectivity index (χ3v) is 4.06. The summed E-state index contributed by atoms with van der Waals surface area (Å²) in [7, 11) is 4.27. The molecule has 2 atom stereocenters. The van der Waals surface area contributed by atoms with Crippen LogP contribution in [0.15, 0.2) is 54.6 Å². The summed E-state index contributed by atoms with van der Waals surface area (Å²) in [5.74, 6) is 0.464. The van der Waals surface area contributed by atoms with E-state index in [1.807, 2.05) is 0 Å². The number of fused-ring (bicyclic) bond motifs is 1. The molecule has 0 saturated carbocycles. The molecule has 0 saturated heterocycles. The molecular formula is C18H24Cl2N2. The molecule has 0 amide bonds. The van der Waals surface area contributed by atoms with Crippen LogP contribution >= 0.6 is 24.8 Å². The van der Waals surface area contributed by atoms with Crippen molar-refractivity contribution >= 4 is 24.8 Å². The smallest absolute Gasteiger partial charge is 0.0452 e. The van der Waals surface area contributed by atoms with E-state index in [0.717, 1.165) is 13.1 Å². The molecule has 2 aromatic rings. The van der Waals surface area contributed by atoms with Gasteiger partial charge >= 0.3 is 0 Å². The Morgan fingerprint density at radius 2 is 1.50 bits per heavy atom. The van der Waals surface area contributed by atoms with Crippen LogP contribution in [0.2, 0.25) is 0 Å². The van der Waals surface area contributed by atoms with E-state index in [1.54, 1.807) is 0 Å². The van der Waals surface area contributed by atoms with Gasteiger partial charge < -0.3 is 10.2 Å². The summed E-state index contributed by atoms with van der Waals surface area (Å²) < 4.78 is 0. The van der Waals surface area contributed by atoms with Crippen molar-refractivity contribution in [2.24, 2.45) is 0 Å². The van der Waals surface area contributed by atoms with Crippen LogP contribution in [-0.4, -0.2) is 32.1 Å². The molecule has 3 rings (SSSR count). The fraction of sp³-hybridized carbons (Fsp3) is 0.333. The standard InChI is InChI=1S/C18H22N2.2ClH/c1-20(2)13-18-16-11-7-6-10-15(16)17(12-19-18)14-8-4-3-5-9-14;;/h3-11,17-19H,12-13H2,1-2H3;2*1H. The second-order valence-electron chi connectivity index (χ2n) is 5.82. The molecule has 0 radical (unpaired) electrons. The summed E-state index contributed by atoms with van der Waals surface area (Å²) in [6, 6.07) is 20.1. The monoisotopic (exact) mass is 338 g/mol. The van der Waals surface area contributed by atoms with E-state index < -0.39 is 0 Å². The topological polar surface area (TPSA) is 15.3 Å². The zero-order valence-electron chi connectivity index (χ0n) is 13.0. The third kappa shape index (κ3) is 4.02. The Balaban J connectivity index is 0.00000121. The molecule has 2 nitrogen and oxygen atoms in total. The van der Waals surface area contributed by atoms with E-state index in [9.17, 15) is 0 Å². The molecule has 22 heavy (non-hydrogen) atoms. The van der Waals surface area contributed by atoms with Crippen molar-refractivity contribution in [3.05, 3.63) is 71.3 Å². The van der Waals surface area contributed by atoms with Crippen molar-refractivity contribution in [1.29, 1.82) is 0 Å². The minimum Gasteiger partial charge on any atom is -0.308 e. The van der Waals surface area contributed by atoms with Gasteiger partial charge in [-0.3, -0.25) is 0 Å². The molecule has 0 aromatic heterocycles. The lowest BCUT2D eigenvalue weighted by atomic mass is 9.82. The first-order valence-electron chi connectivity index (χ1n) is 7.27. The first kappa shape index (κ1) is 19.0. The van der Waals surface area contributed by atoms with Gasteiger partial charge in [-0.05, 0) is 30.8 Å². The van der Waals surface area contributed by atoms with Crippen LogP contribution in [0.4, 0.5) is 0 Å². The normalized spacial score (nSPS) is 19.8. The maximum atomic E-state index is 3.71. The summed E-state index contributed by atoms with van der Waals surface area (Å²) >= 11 is 0. The molecule has 1 N–H and O–H groups in total. The average Bonchev–Trinajstić information content (AvgIpc) is 2.48. The lowest BCUT2D eigenvalue weighted by Gasteiger charge is -2.34. The highest BCUT2D eigenvalue weighted by Crippen LogP contribution is 2.34. The molecular weight excluding hydrogens is 315 g/mol. The van der Waals surface area contributed by atoms with Gasteiger partial charge in [-0.2, -0.15) is 0 Å². The molecule has 1 aliphatic heterocycles. The van der Waals surface area contributed by atoms with Gasteiger partial charge in [0.05, 0.1) is 0 Å². The lowest BCUT2D eigenvalue weighted by molar-refractivity contribution is 0.329. The Bertz CT molecular complexity index is 572. The van der Waals surface area contributed by atoms with Gasteiger partial charge in [0.25, 0.3) is 0 Å². The Kier molecular flexibility index (Phi) is 7.37. The van der Waals surface area contributed by atoms with Gasteiger partial charge in [0.2, 0.25) is 0 Å². The summed E-state index contributed by atoms with van der Waals surface area (Å²) in [6.07, 6.45) is 0. The molecule has 1 aliphatic rings. The fourth-order valence-electron chi connectivity index (χ4n) is 3.14. The number of halogens is 2. The number of hydrogen-bond donors (Lipinski definition) is 1. The van der Waals surface area contributed by atoms with Crippen LogP contribution in [0.1, 0.15) is 28.7 Å². The Hall–Kier alpha value is -1.06. The first-order valence-corrected chi connectivity index (χ1v) is 7.27. The molecule has 1 heterocycles. The number of likely N-dealkylation sites (N-methyl/N-ethyl adjacent to an activating group) is 1. The number of nitrogens with zero attached hydrogens (tertiary/aromatic N) is 1. The largest absolute Gasteiger partial charge is 0.308 e. The minimum atomic E-state index is 0. The van der Waals surface area contributed by atoms with E-state index in [0.29, 0.717) is 12.0 Å². The second kappa shape index (κ2) is 8.54. The first-order chi connectivity index (χ1) is 9.75. The Morgan fingerprint density at radius 3 is 2.14 bits per heavy atom. The number of benzene rings is 2. The molecule has 0 fully saturated rings. The van der Waals surface area contributed by atoms with Crippen molar-refractivity contribution in [3.63, 3.8) is 0 Å². The van der Waals surface area contributed by atoms with Gasteiger partial charge in [-0.15, -0.1) is 24.8 Å². The molecule has 2 unspecified atom stereocenters. The Labute approximate surface area is 145 Å². The van der Waals surface area contributed by atoms with Crippen LogP contribution in [0.3, 0.4) is 0 Å². The quantitative estimate of drug-likeness (QED) is 0.913. The summed E-state index contributed by atoms with van der Waals surface area (Å²) in [5, 5.41) is 3.71. The molecule has 120 valence electrons. The summed E-state index contributed by atoms with van der Waals surface area (Å²) in [6.45, 7) is 2.05. The van der Waals surface area contributed by atoms with Gasteiger partial charge in [0.15, 0.2) is 0 Å². The lowest BCUT2D eigenvalue weighted by Crippen LogP contribution is -2.38. The highest BCUT2D eigenvalue weighted by Gasteiger charge is 2.27. The number of nitrogens with one attached hydrogen (secondary N) is 1. The van der Waals surface area contributed by atoms with Gasteiger partial charge in [0.1, 0.15) is 0 Å². The van der Waals surface area contributed by atoms with Crippen molar-refractivity contribution in [2.75, 3.05) is 27.2 Å². The molecule has 4 heteroatoms. The van der Waals surface area contributed by atoms with E-state index in [2.05, 4.69) is 78.9 Å². The van der Waals surface area contributed by atoms with E-state index in [1.165, 1.54) is 16.7 Å². The summed E-state index contributed by atoms with van der Waals surface area (Å²) in [4.78, 5) is 2.25. The molecule has 0 aliphatic carbocycles. The summed E-state index contributed by atoms with van der Waals surface area (Å²) in [5.41, 5.74) is 4.32. The average molecular weight is 339 g/mol. The fourth-order valence-corrected chi connectivity index (χ4v) is 3.14. The maximum Gasteiger partial charge on any atom is 0.0452 e. The number of hydrogen-bond acceptors (Lipinski definition) is 2. The van der Waals surface area contributed by atoms with Crippen LogP contribution in [0, 0.1) is 0 Å². The van der Waals surface area contributed by atoms with E-state index >= 15 is 0 Å². The van der Waals surface area contributed by atoms with Crippen molar-refractivity contribution < 1.29 is 0 Å². The van der Waals surface area contributed by atoms with Gasteiger partial charge in [-0.25, -0.2) is 0 Å². The van der Waals surface area contributed by atoms with Crippen molar-refractivity contribution in [1.82, 2.24) is 10.2 Å². The van der Waals surface area contributed by atoms with Crippen LogP contribution in [0.5, 0.6) is 0 Å². The predicted octanol–water partition coefficient (Wildman–Crippen LogP) is 3.87. The Morgan fingerprint density at radius 1 is 0.909 bits per heavy atom. The second-order valence-corrected chi connectivity index (χ2v) is 5.82. The van der Waals surface area contributed by atoms with Crippen LogP contribution < -0.4 is 5.32 Å². The van der Waals surface area contributed by atoms with E-state index in [4.69, 9.17) is 0 Å². The van der Waals surface area contributed by atoms with Crippen molar-refractivity contribution in [2.45, 2.75) is 12.0 Å². The predicted molar refractivity (Wildman–Crippen MR) is 98.5 cm³/mol. The maximum absolute atomic E-state index is 3.71. The van der Waals surface area contributed by atoms with Gasteiger partial charge in [-0.1, -0.05) is 54.6 Å². The number of rotatable bonds is 3. The highest BCUT2D eigenvalue weighted by molar-refractivity contribution is 5.85. The van der Waals surface area contributed by atoms with E-state index in [-0.39, 0.29) is 24.8 Å². The third-order valence-electron chi connectivity index (χ3n) is 4.06. The van der Waals surface area contributed by atoms with Crippen LogP contribution in [0.25, 0.3) is 0 Å². The molecule has 0 spiro atoms.